The highest BCUT2D eigenvalue weighted by Gasteiger charge is 2.29. The molecule has 0 aromatic carbocycles. The Morgan fingerprint density at radius 1 is 1.60 bits per heavy atom. The molecule has 0 bridgehead atoms. The van der Waals surface area contributed by atoms with E-state index in [1.807, 2.05) is 0 Å². The van der Waals surface area contributed by atoms with Gasteiger partial charge in [-0.15, -0.1) is 12.3 Å². The second kappa shape index (κ2) is 3.92. The van der Waals surface area contributed by atoms with Crippen LogP contribution >= 0.6 is 11.6 Å². The van der Waals surface area contributed by atoms with E-state index in [4.69, 9.17) is 18.0 Å². The summed E-state index contributed by atoms with van der Waals surface area (Å²) < 4.78 is 0. The second-order valence-corrected chi connectivity index (χ2v) is 3.78. The maximum absolute atomic E-state index is 11.6. The Bertz CT molecular complexity index is 438. The molecule has 1 aromatic heterocycles. The van der Waals surface area contributed by atoms with Crippen molar-refractivity contribution >= 4 is 23.3 Å². The highest BCUT2D eigenvalue weighted by Crippen LogP contribution is 2.23. The zero-order valence-electron chi connectivity index (χ0n) is 7.98. The molecule has 4 heteroatoms. The number of halogens is 1. The minimum atomic E-state index is -0.0155. The van der Waals surface area contributed by atoms with Crippen LogP contribution < -0.4 is 4.90 Å². The molecule has 0 spiro atoms. The number of hydrogen-bond acceptors (Lipinski definition) is 2. The van der Waals surface area contributed by atoms with Crippen molar-refractivity contribution in [2.75, 3.05) is 11.4 Å². The minimum Gasteiger partial charge on any atom is -0.295 e. The third-order valence-electron chi connectivity index (χ3n) is 2.34. The van der Waals surface area contributed by atoms with E-state index < -0.39 is 0 Å². The smallest absolute Gasteiger partial charge is 0.229 e. The number of rotatable bonds is 1. The Morgan fingerprint density at radius 2 is 2.40 bits per heavy atom. The quantitative estimate of drug-likeness (QED) is 0.533. The topological polar surface area (TPSA) is 33.2 Å². The Kier molecular flexibility index (Phi) is 2.61. The third-order valence-corrected chi connectivity index (χ3v) is 2.55. The van der Waals surface area contributed by atoms with Gasteiger partial charge in [-0.1, -0.05) is 17.7 Å². The van der Waals surface area contributed by atoms with Crippen molar-refractivity contribution in [3.05, 3.63) is 23.4 Å². The second-order valence-electron chi connectivity index (χ2n) is 3.39. The van der Waals surface area contributed by atoms with Gasteiger partial charge in [-0.25, -0.2) is 4.98 Å². The Balaban J connectivity index is 2.26. The first-order valence-corrected chi connectivity index (χ1v) is 4.97. The summed E-state index contributed by atoms with van der Waals surface area (Å²) in [5, 5.41) is 0.379. The van der Waals surface area contributed by atoms with Crippen molar-refractivity contribution in [1.82, 2.24) is 4.98 Å². The monoisotopic (exact) mass is 220 g/mol. The number of hydrogen-bond donors (Lipinski definition) is 0. The van der Waals surface area contributed by atoms with Gasteiger partial charge in [0.2, 0.25) is 5.91 Å². The zero-order valence-corrected chi connectivity index (χ0v) is 8.74. The number of terminal acetylenes is 1. The van der Waals surface area contributed by atoms with Crippen LogP contribution in [-0.4, -0.2) is 17.4 Å². The summed E-state index contributed by atoms with van der Waals surface area (Å²) in [5.74, 6) is 3.15. The standard InChI is InChI=1S/C11H9ClN2O/c1-2-8-6-11(15)14(7-8)10-5-3-4-9(12)13-10/h1,3-5,8H,6-7H2. The number of anilines is 1. The first-order chi connectivity index (χ1) is 7.20. The summed E-state index contributed by atoms with van der Waals surface area (Å²) in [5.41, 5.74) is 0. The highest BCUT2D eigenvalue weighted by molar-refractivity contribution is 6.29. The zero-order chi connectivity index (χ0) is 10.8. The van der Waals surface area contributed by atoms with Crippen LogP contribution in [0.3, 0.4) is 0 Å². The number of carbonyl (C=O) groups is 1. The molecule has 1 unspecified atom stereocenters. The Labute approximate surface area is 93.1 Å². The summed E-state index contributed by atoms with van der Waals surface area (Å²) in [4.78, 5) is 17.3. The number of pyridine rings is 1. The normalized spacial score (nSPS) is 20.4. The predicted molar refractivity (Wildman–Crippen MR) is 58.5 cm³/mol. The molecule has 1 aliphatic heterocycles. The average molecular weight is 221 g/mol. The van der Waals surface area contributed by atoms with Crippen LogP contribution in [0.25, 0.3) is 0 Å². The fourth-order valence-electron chi connectivity index (χ4n) is 1.59. The van der Waals surface area contributed by atoms with Crippen LogP contribution in [0.5, 0.6) is 0 Å². The van der Waals surface area contributed by atoms with Crippen molar-refractivity contribution in [2.45, 2.75) is 6.42 Å². The van der Waals surface area contributed by atoms with Crippen molar-refractivity contribution in [3.8, 4) is 12.3 Å². The molecule has 1 amide bonds. The van der Waals surface area contributed by atoms with Crippen LogP contribution in [-0.2, 0) is 4.79 Å². The van der Waals surface area contributed by atoms with Crippen molar-refractivity contribution in [1.29, 1.82) is 0 Å². The number of aromatic nitrogens is 1. The molecule has 2 heterocycles. The Morgan fingerprint density at radius 3 is 3.00 bits per heavy atom. The maximum Gasteiger partial charge on any atom is 0.229 e. The molecule has 15 heavy (non-hydrogen) atoms. The molecule has 2 rings (SSSR count). The van der Waals surface area contributed by atoms with Crippen LogP contribution in [0.2, 0.25) is 5.15 Å². The van der Waals surface area contributed by atoms with E-state index in [9.17, 15) is 4.79 Å². The van der Waals surface area contributed by atoms with E-state index in [-0.39, 0.29) is 11.8 Å². The van der Waals surface area contributed by atoms with Crippen molar-refractivity contribution in [3.63, 3.8) is 0 Å². The van der Waals surface area contributed by atoms with Crippen LogP contribution in [0.15, 0.2) is 18.2 Å². The van der Waals surface area contributed by atoms with Gasteiger partial charge in [-0.05, 0) is 12.1 Å². The molecule has 1 fully saturated rings. The lowest BCUT2D eigenvalue weighted by Crippen LogP contribution is -2.25. The van der Waals surface area contributed by atoms with Crippen molar-refractivity contribution < 1.29 is 4.79 Å². The lowest BCUT2D eigenvalue weighted by atomic mass is 10.1. The summed E-state index contributed by atoms with van der Waals surface area (Å²) >= 11 is 5.75. The van der Waals surface area contributed by atoms with Crippen LogP contribution in [0, 0.1) is 18.3 Å². The van der Waals surface area contributed by atoms with Gasteiger partial charge in [0.15, 0.2) is 0 Å². The summed E-state index contributed by atoms with van der Waals surface area (Å²) in [6.07, 6.45) is 5.68. The van der Waals surface area contributed by atoms with Gasteiger partial charge in [0, 0.05) is 18.9 Å². The van der Waals surface area contributed by atoms with Crippen LogP contribution in [0.1, 0.15) is 6.42 Å². The molecule has 0 saturated carbocycles. The van der Waals surface area contributed by atoms with Gasteiger partial charge < -0.3 is 0 Å². The minimum absolute atomic E-state index is 0.00715. The third kappa shape index (κ3) is 1.95. The highest BCUT2D eigenvalue weighted by atomic mass is 35.5. The molecular formula is C11H9ClN2O. The summed E-state index contributed by atoms with van der Waals surface area (Å²) in [7, 11) is 0. The fourth-order valence-corrected chi connectivity index (χ4v) is 1.75. The number of nitrogens with zero attached hydrogens (tertiary/aromatic N) is 2. The average Bonchev–Trinajstić information content (AvgIpc) is 2.60. The van der Waals surface area contributed by atoms with E-state index in [0.29, 0.717) is 23.9 Å². The molecule has 0 N–H and O–H groups in total. The van der Waals surface area contributed by atoms with E-state index in [0.717, 1.165) is 0 Å². The number of carbonyl (C=O) groups excluding carboxylic acids is 1. The number of amides is 1. The van der Waals surface area contributed by atoms with Gasteiger partial charge in [-0.3, -0.25) is 9.69 Å². The van der Waals surface area contributed by atoms with E-state index >= 15 is 0 Å². The molecule has 1 aromatic rings. The van der Waals surface area contributed by atoms with Gasteiger partial charge in [0.1, 0.15) is 11.0 Å². The maximum atomic E-state index is 11.6. The lowest BCUT2D eigenvalue weighted by Gasteiger charge is -2.14. The predicted octanol–water partition coefficient (Wildman–Crippen LogP) is 1.72. The lowest BCUT2D eigenvalue weighted by molar-refractivity contribution is -0.117. The first-order valence-electron chi connectivity index (χ1n) is 4.60. The van der Waals surface area contributed by atoms with E-state index in [2.05, 4.69) is 10.9 Å². The molecule has 0 aliphatic carbocycles. The van der Waals surface area contributed by atoms with Gasteiger partial charge in [0.25, 0.3) is 0 Å². The van der Waals surface area contributed by atoms with Gasteiger partial charge >= 0.3 is 0 Å². The fraction of sp³-hybridized carbons (Fsp3) is 0.273. The van der Waals surface area contributed by atoms with Crippen molar-refractivity contribution in [2.24, 2.45) is 5.92 Å². The molecule has 76 valence electrons. The SMILES string of the molecule is C#CC1CC(=O)N(c2cccc(Cl)n2)C1. The largest absolute Gasteiger partial charge is 0.295 e. The van der Waals surface area contributed by atoms with E-state index in [1.54, 1.807) is 23.1 Å². The van der Waals surface area contributed by atoms with Crippen LogP contribution in [0.4, 0.5) is 5.82 Å². The van der Waals surface area contributed by atoms with E-state index in [1.165, 1.54) is 0 Å². The molecule has 1 aliphatic rings. The molecule has 0 radical (unpaired) electrons. The van der Waals surface area contributed by atoms with Gasteiger partial charge in [-0.2, -0.15) is 0 Å². The first kappa shape index (κ1) is 10.0. The summed E-state index contributed by atoms with van der Waals surface area (Å²) in [6, 6.07) is 5.19. The van der Waals surface area contributed by atoms with Gasteiger partial charge in [0.05, 0.1) is 0 Å². The molecule has 3 nitrogen and oxygen atoms in total. The molecular weight excluding hydrogens is 212 g/mol. The molecule has 1 saturated heterocycles. The molecule has 1 atom stereocenters. The Hall–Kier alpha value is -1.53. The summed E-state index contributed by atoms with van der Waals surface area (Å²) in [6.45, 7) is 0.530.